The fourth-order valence-electron chi connectivity index (χ4n) is 4.57. The number of benzene rings is 2. The maximum Gasteiger partial charge on any atom is 0.407 e. The second-order valence-corrected chi connectivity index (χ2v) is 9.26. The summed E-state index contributed by atoms with van der Waals surface area (Å²) in [5.41, 5.74) is 1.89. The second kappa shape index (κ2) is 9.57. The molecule has 2 N–H and O–H groups in total. The molecule has 1 atom stereocenters. The van der Waals surface area contributed by atoms with Crippen LogP contribution in [-0.2, 0) is 0 Å². The van der Waals surface area contributed by atoms with Gasteiger partial charge in [0.25, 0.3) is 0 Å². The molecule has 1 saturated heterocycles. The zero-order valence-electron chi connectivity index (χ0n) is 18.7. The topological polar surface area (TPSA) is 80.1 Å². The number of rotatable bonds is 3. The summed E-state index contributed by atoms with van der Waals surface area (Å²) < 4.78 is 28.7. The highest BCUT2D eigenvalue weighted by molar-refractivity contribution is 6.36. The third-order valence-electron chi connectivity index (χ3n) is 6.36. The van der Waals surface area contributed by atoms with E-state index in [4.69, 9.17) is 28.2 Å². The van der Waals surface area contributed by atoms with Gasteiger partial charge in [-0.05, 0) is 42.0 Å². The van der Waals surface area contributed by atoms with E-state index in [2.05, 4.69) is 0 Å². The van der Waals surface area contributed by atoms with Gasteiger partial charge >= 0.3 is 6.09 Å². The number of hydrogen-bond donors (Lipinski definition) is 2. The van der Waals surface area contributed by atoms with E-state index in [9.17, 15) is 23.9 Å². The minimum atomic E-state index is -1.00. The van der Waals surface area contributed by atoms with E-state index in [1.165, 1.54) is 23.2 Å². The number of aromatic nitrogens is 1. The van der Waals surface area contributed by atoms with Crippen molar-refractivity contribution in [3.05, 3.63) is 87.2 Å². The highest BCUT2D eigenvalue weighted by Gasteiger charge is 2.33. The van der Waals surface area contributed by atoms with Crippen LogP contribution >= 0.6 is 23.2 Å². The van der Waals surface area contributed by atoms with Gasteiger partial charge in [0.05, 0.1) is 5.69 Å². The number of carboxylic acid groups (broad SMARTS) is 1. The van der Waals surface area contributed by atoms with Gasteiger partial charge in [-0.2, -0.15) is 0 Å². The Balaban J connectivity index is 1.71. The molecule has 7 nitrogen and oxygen atoms in total. The zero-order valence-corrected chi connectivity index (χ0v) is 20.2. The van der Waals surface area contributed by atoms with Crippen LogP contribution in [0.5, 0.6) is 0 Å². The number of halogens is 4. The van der Waals surface area contributed by atoms with Crippen LogP contribution in [-0.4, -0.2) is 57.5 Å². The molecule has 0 radical (unpaired) electrons. The molecule has 2 aliphatic rings. The summed E-state index contributed by atoms with van der Waals surface area (Å²) >= 11 is 13.0. The van der Waals surface area contributed by atoms with Crippen molar-refractivity contribution in [2.75, 3.05) is 31.1 Å². The van der Waals surface area contributed by atoms with Crippen LogP contribution in [0.3, 0.4) is 0 Å². The molecule has 36 heavy (non-hydrogen) atoms. The highest BCUT2D eigenvalue weighted by Crippen LogP contribution is 2.44. The average Bonchev–Trinajstić information content (AvgIpc) is 2.84. The van der Waals surface area contributed by atoms with Gasteiger partial charge in [-0.3, -0.25) is 10.3 Å². The maximum atomic E-state index is 15.0. The van der Waals surface area contributed by atoms with Crippen LogP contribution in [0, 0.1) is 11.6 Å². The fraction of sp³-hybridized carbons (Fsp3) is 0.200. The lowest BCUT2D eigenvalue weighted by Crippen LogP contribution is -2.48. The molecule has 1 aromatic heterocycles. The van der Waals surface area contributed by atoms with Gasteiger partial charge in [0.15, 0.2) is 0 Å². The third kappa shape index (κ3) is 4.34. The van der Waals surface area contributed by atoms with E-state index < -0.39 is 23.8 Å². The summed E-state index contributed by atoms with van der Waals surface area (Å²) in [6.07, 6.45) is 2.00. The molecule has 0 aliphatic carbocycles. The maximum absolute atomic E-state index is 15.0. The lowest BCUT2D eigenvalue weighted by molar-refractivity contribution is -0.0695. The first kappa shape index (κ1) is 24.3. The van der Waals surface area contributed by atoms with Gasteiger partial charge in [0, 0.05) is 65.2 Å². The summed E-state index contributed by atoms with van der Waals surface area (Å²) in [5.74, 6) is -1.01. The Morgan fingerprint density at radius 1 is 1.00 bits per heavy atom. The molecule has 0 spiro atoms. The largest absolute Gasteiger partial charge is 0.465 e. The Labute approximate surface area is 215 Å². The Morgan fingerprint density at radius 3 is 2.33 bits per heavy atom. The lowest BCUT2D eigenvalue weighted by Gasteiger charge is -2.36. The van der Waals surface area contributed by atoms with Crippen LogP contribution in [0.15, 0.2) is 48.7 Å². The van der Waals surface area contributed by atoms with E-state index in [1.54, 1.807) is 30.3 Å². The summed E-state index contributed by atoms with van der Waals surface area (Å²) in [6.45, 7) is 1.25. The minimum absolute atomic E-state index is 0.153. The highest BCUT2D eigenvalue weighted by atomic mass is 35.5. The molecule has 5 rings (SSSR count). The predicted octanol–water partition coefficient (Wildman–Crippen LogP) is 5.90. The van der Waals surface area contributed by atoms with Crippen LogP contribution < -0.4 is 4.90 Å². The number of anilines is 1. The monoisotopic (exact) mass is 532 g/mol. The summed E-state index contributed by atoms with van der Waals surface area (Å²) in [7, 11) is 0. The smallest absolute Gasteiger partial charge is 0.407 e. The van der Waals surface area contributed by atoms with Crippen molar-refractivity contribution >= 4 is 41.2 Å². The Morgan fingerprint density at radius 2 is 1.69 bits per heavy atom. The van der Waals surface area contributed by atoms with Gasteiger partial charge in [-0.25, -0.2) is 18.6 Å². The number of pyridine rings is 1. The molecular formula is C25H20Cl2F2N4O3. The molecular weight excluding hydrogens is 513 g/mol. The first-order valence-electron chi connectivity index (χ1n) is 11.1. The number of hydroxylamine groups is 2. The Hall–Kier alpha value is -3.40. The molecule has 2 aliphatic heterocycles. The van der Waals surface area contributed by atoms with Crippen molar-refractivity contribution in [1.29, 1.82) is 0 Å². The van der Waals surface area contributed by atoms with Crippen molar-refractivity contribution in [3.8, 4) is 11.1 Å². The number of piperazine rings is 1. The molecule has 1 fully saturated rings. The van der Waals surface area contributed by atoms with Crippen molar-refractivity contribution < 1.29 is 23.9 Å². The van der Waals surface area contributed by atoms with Crippen LogP contribution in [0.25, 0.3) is 17.2 Å². The van der Waals surface area contributed by atoms with Gasteiger partial charge in [-0.1, -0.05) is 29.3 Å². The van der Waals surface area contributed by atoms with E-state index in [0.29, 0.717) is 51.3 Å². The van der Waals surface area contributed by atoms with Crippen LogP contribution in [0.2, 0.25) is 10.0 Å². The summed E-state index contributed by atoms with van der Waals surface area (Å²) in [5, 5.41) is 21.7. The van der Waals surface area contributed by atoms with E-state index in [1.807, 2.05) is 4.90 Å². The first-order valence-corrected chi connectivity index (χ1v) is 11.8. The van der Waals surface area contributed by atoms with E-state index in [0.717, 1.165) is 11.1 Å². The Kier molecular flexibility index (Phi) is 6.46. The van der Waals surface area contributed by atoms with Gasteiger partial charge in [0.1, 0.15) is 23.5 Å². The molecule has 1 unspecified atom stereocenters. The quantitative estimate of drug-likeness (QED) is 0.437. The normalized spacial score (nSPS) is 17.4. The SMILES string of the molecule is O=C(O)N1CCN(c2cc(-c3ccc(F)cc3F)c3c(n2)C(c2c(Cl)cccc2Cl)N(O)C=C3)CC1. The lowest BCUT2D eigenvalue weighted by atomic mass is 9.90. The molecule has 11 heteroatoms. The fourth-order valence-corrected chi connectivity index (χ4v) is 5.17. The second-order valence-electron chi connectivity index (χ2n) is 8.44. The van der Waals surface area contributed by atoms with Crippen molar-refractivity contribution in [3.63, 3.8) is 0 Å². The van der Waals surface area contributed by atoms with Crippen molar-refractivity contribution in [2.24, 2.45) is 0 Å². The number of fused-ring (bicyclic) bond motifs is 1. The Bertz CT molecular complexity index is 1360. The van der Waals surface area contributed by atoms with Crippen LogP contribution in [0.1, 0.15) is 22.9 Å². The number of amides is 1. The number of carbonyl (C=O) groups is 1. The molecule has 2 aromatic carbocycles. The summed E-state index contributed by atoms with van der Waals surface area (Å²) in [6, 6.07) is 9.07. The molecule has 3 heterocycles. The number of nitrogens with zero attached hydrogens (tertiary/aromatic N) is 4. The van der Waals surface area contributed by atoms with Gasteiger partial charge in [-0.15, -0.1) is 0 Å². The zero-order chi connectivity index (χ0) is 25.6. The first-order chi connectivity index (χ1) is 17.2. The predicted molar refractivity (Wildman–Crippen MR) is 132 cm³/mol. The standard InChI is InChI=1S/C25H20Cl2F2N4O3/c26-18-2-1-3-19(27)22(18)24-23-16(6-7-33(24)36)17(15-5-4-14(28)12-20(15)29)13-21(30-23)31-8-10-32(11-9-31)25(34)35/h1-7,12-13,24,36H,8-11H2,(H,34,35). The average molecular weight is 533 g/mol. The van der Waals surface area contributed by atoms with E-state index in [-0.39, 0.29) is 18.7 Å². The molecule has 0 bridgehead atoms. The molecule has 1 amide bonds. The third-order valence-corrected chi connectivity index (χ3v) is 7.02. The number of hydrogen-bond acceptors (Lipinski definition) is 5. The minimum Gasteiger partial charge on any atom is -0.465 e. The molecule has 3 aromatic rings. The van der Waals surface area contributed by atoms with E-state index >= 15 is 0 Å². The van der Waals surface area contributed by atoms with Gasteiger partial charge < -0.3 is 14.9 Å². The molecule has 186 valence electrons. The van der Waals surface area contributed by atoms with Crippen molar-refractivity contribution in [2.45, 2.75) is 6.04 Å². The molecule has 0 saturated carbocycles. The van der Waals surface area contributed by atoms with Gasteiger partial charge in [0.2, 0.25) is 0 Å². The van der Waals surface area contributed by atoms with Crippen LogP contribution in [0.4, 0.5) is 19.4 Å². The van der Waals surface area contributed by atoms with Crippen molar-refractivity contribution in [1.82, 2.24) is 14.9 Å². The summed E-state index contributed by atoms with van der Waals surface area (Å²) in [4.78, 5) is 19.4.